The third-order valence-electron chi connectivity index (χ3n) is 3.17. The van der Waals surface area contributed by atoms with E-state index in [-0.39, 0.29) is 5.69 Å². The van der Waals surface area contributed by atoms with Crippen molar-refractivity contribution < 1.29 is 4.92 Å². The van der Waals surface area contributed by atoms with Gasteiger partial charge in [-0.25, -0.2) is 0 Å². The summed E-state index contributed by atoms with van der Waals surface area (Å²) in [5.74, 6) is 0. The molecule has 114 valence electrons. The Kier molecular flexibility index (Phi) is 3.28. The number of nitro benzene ring substituents is 1. The zero-order chi connectivity index (χ0) is 15.9. The lowest BCUT2D eigenvalue weighted by atomic mass is 10.1. The first-order valence-electron chi connectivity index (χ1n) is 6.86. The average Bonchev–Trinajstić information content (AvgIpc) is 3.01. The summed E-state index contributed by atoms with van der Waals surface area (Å²) in [5, 5.41) is 27.0. The third kappa shape index (κ3) is 2.75. The van der Waals surface area contributed by atoms with Gasteiger partial charge in [0.15, 0.2) is 0 Å². The molecule has 2 heterocycles. The SMILES string of the molecule is C[Si](C)(C)Cn1cc(-c2n[nH]c3ccc([N+](=O)[O-])cc23)nn1. The van der Waals surface area contributed by atoms with Crippen molar-refractivity contribution in [3.8, 4) is 11.4 Å². The van der Waals surface area contributed by atoms with E-state index in [9.17, 15) is 10.1 Å². The molecule has 0 aliphatic carbocycles. The van der Waals surface area contributed by atoms with Crippen LogP contribution in [0.3, 0.4) is 0 Å². The minimum absolute atomic E-state index is 0.0321. The molecule has 0 aliphatic rings. The molecule has 0 spiro atoms. The van der Waals surface area contributed by atoms with Crippen molar-refractivity contribution in [2.45, 2.75) is 25.8 Å². The quantitative estimate of drug-likeness (QED) is 0.453. The maximum Gasteiger partial charge on any atom is 0.270 e. The van der Waals surface area contributed by atoms with Crippen molar-refractivity contribution in [1.29, 1.82) is 0 Å². The fraction of sp³-hybridized carbons (Fsp3) is 0.308. The molecule has 0 radical (unpaired) electrons. The number of H-pyrrole nitrogens is 1. The molecule has 8 nitrogen and oxygen atoms in total. The van der Waals surface area contributed by atoms with Gasteiger partial charge in [0.05, 0.1) is 24.7 Å². The molecule has 22 heavy (non-hydrogen) atoms. The van der Waals surface area contributed by atoms with Gasteiger partial charge in [-0.1, -0.05) is 24.9 Å². The lowest BCUT2D eigenvalue weighted by molar-refractivity contribution is -0.384. The lowest BCUT2D eigenvalue weighted by Crippen LogP contribution is -2.28. The molecule has 2 aromatic heterocycles. The van der Waals surface area contributed by atoms with Crippen LogP contribution in [0, 0.1) is 10.1 Å². The maximum atomic E-state index is 10.9. The first-order valence-corrected chi connectivity index (χ1v) is 10.6. The largest absolute Gasteiger partial charge is 0.277 e. The van der Waals surface area contributed by atoms with Gasteiger partial charge in [-0.05, 0) is 6.07 Å². The standard InChI is InChI=1S/C13H16N6O2Si/c1-22(2,3)8-18-7-12(15-17-18)13-10-6-9(19(20)21)4-5-11(10)14-16-13/h4-7H,8H2,1-3H3,(H,14,16). The molecule has 0 aliphatic heterocycles. The van der Waals surface area contributed by atoms with E-state index in [1.165, 1.54) is 12.1 Å². The van der Waals surface area contributed by atoms with Gasteiger partial charge in [0.2, 0.25) is 0 Å². The highest BCUT2D eigenvalue weighted by Crippen LogP contribution is 2.27. The number of nitrogens with one attached hydrogen (secondary N) is 1. The highest BCUT2D eigenvalue weighted by Gasteiger charge is 2.18. The Bertz CT molecular complexity index is 848. The number of aromatic amines is 1. The second kappa shape index (κ2) is 5.02. The molecule has 0 bridgehead atoms. The molecular weight excluding hydrogens is 300 g/mol. The van der Waals surface area contributed by atoms with Crippen LogP contribution in [-0.2, 0) is 6.17 Å². The second-order valence-electron chi connectivity index (χ2n) is 6.42. The van der Waals surface area contributed by atoms with E-state index < -0.39 is 13.0 Å². The van der Waals surface area contributed by atoms with E-state index in [1.807, 2.05) is 10.9 Å². The van der Waals surface area contributed by atoms with Crippen LogP contribution in [-0.4, -0.2) is 38.2 Å². The monoisotopic (exact) mass is 316 g/mol. The Morgan fingerprint density at radius 2 is 2.14 bits per heavy atom. The van der Waals surface area contributed by atoms with Crippen molar-refractivity contribution in [1.82, 2.24) is 25.2 Å². The molecule has 3 rings (SSSR count). The second-order valence-corrected chi connectivity index (χ2v) is 11.9. The summed E-state index contributed by atoms with van der Waals surface area (Å²) < 4.78 is 1.82. The normalized spacial score (nSPS) is 12.0. The zero-order valence-electron chi connectivity index (χ0n) is 12.6. The number of aromatic nitrogens is 5. The minimum Gasteiger partial charge on any atom is -0.277 e. The number of nitro groups is 1. The number of hydrogen-bond donors (Lipinski definition) is 1. The number of fused-ring (bicyclic) bond motifs is 1. The van der Waals surface area contributed by atoms with Crippen LogP contribution in [0.4, 0.5) is 5.69 Å². The van der Waals surface area contributed by atoms with Crippen LogP contribution in [0.1, 0.15) is 0 Å². The van der Waals surface area contributed by atoms with Crippen molar-refractivity contribution >= 4 is 24.7 Å². The van der Waals surface area contributed by atoms with Gasteiger partial charge in [0.25, 0.3) is 5.69 Å². The summed E-state index contributed by atoms with van der Waals surface area (Å²) in [7, 11) is -1.30. The van der Waals surface area contributed by atoms with Gasteiger partial charge in [0, 0.05) is 23.7 Å². The number of non-ortho nitro benzene ring substituents is 1. The molecule has 0 atom stereocenters. The van der Waals surface area contributed by atoms with E-state index in [4.69, 9.17) is 0 Å². The van der Waals surface area contributed by atoms with Crippen LogP contribution < -0.4 is 0 Å². The summed E-state index contributed by atoms with van der Waals surface area (Å²) in [6.07, 6.45) is 2.70. The van der Waals surface area contributed by atoms with Crippen molar-refractivity contribution in [2.75, 3.05) is 0 Å². The first kappa shape index (κ1) is 14.4. The molecular formula is C13H16N6O2Si. The van der Waals surface area contributed by atoms with Crippen molar-refractivity contribution in [3.63, 3.8) is 0 Å². The molecule has 1 aromatic carbocycles. The highest BCUT2D eigenvalue weighted by atomic mass is 28.3. The Morgan fingerprint density at radius 1 is 1.36 bits per heavy atom. The predicted octanol–water partition coefficient (Wildman–Crippen LogP) is 2.61. The molecule has 0 saturated heterocycles. The summed E-state index contributed by atoms with van der Waals surface area (Å²) in [4.78, 5) is 10.5. The Hall–Kier alpha value is -2.55. The minimum atomic E-state index is -1.30. The fourth-order valence-electron chi connectivity index (χ4n) is 2.28. The van der Waals surface area contributed by atoms with Crippen LogP contribution in [0.2, 0.25) is 19.6 Å². The zero-order valence-corrected chi connectivity index (χ0v) is 13.6. The highest BCUT2D eigenvalue weighted by molar-refractivity contribution is 6.74. The molecule has 9 heteroatoms. The maximum absolute atomic E-state index is 10.9. The first-order chi connectivity index (χ1) is 10.3. The average molecular weight is 316 g/mol. The fourth-order valence-corrected chi connectivity index (χ4v) is 3.41. The smallest absolute Gasteiger partial charge is 0.270 e. The predicted molar refractivity (Wildman–Crippen MR) is 85.1 cm³/mol. The van der Waals surface area contributed by atoms with E-state index in [1.54, 1.807) is 6.07 Å². The van der Waals surface area contributed by atoms with Gasteiger partial charge in [-0.15, -0.1) is 5.10 Å². The number of benzene rings is 1. The summed E-state index contributed by atoms with van der Waals surface area (Å²) in [6, 6.07) is 4.61. The molecule has 0 saturated carbocycles. The topological polar surface area (TPSA) is 103 Å². The van der Waals surface area contributed by atoms with Gasteiger partial charge < -0.3 is 0 Å². The van der Waals surface area contributed by atoms with Crippen LogP contribution in [0.15, 0.2) is 24.4 Å². The van der Waals surface area contributed by atoms with E-state index >= 15 is 0 Å². The Labute approximate surface area is 127 Å². The molecule has 0 unspecified atom stereocenters. The third-order valence-corrected chi connectivity index (χ3v) is 4.45. The van der Waals surface area contributed by atoms with Crippen molar-refractivity contribution in [2.24, 2.45) is 0 Å². The number of rotatable bonds is 4. The Balaban J connectivity index is 2.03. The van der Waals surface area contributed by atoms with Crippen LogP contribution in [0.5, 0.6) is 0 Å². The lowest BCUT2D eigenvalue weighted by Gasteiger charge is -2.14. The summed E-state index contributed by atoms with van der Waals surface area (Å²) in [6.45, 7) is 6.75. The van der Waals surface area contributed by atoms with Gasteiger partial charge >= 0.3 is 0 Å². The Morgan fingerprint density at radius 3 is 2.82 bits per heavy atom. The summed E-state index contributed by atoms with van der Waals surface area (Å²) in [5.41, 5.74) is 1.97. The van der Waals surface area contributed by atoms with E-state index in [2.05, 4.69) is 40.2 Å². The van der Waals surface area contributed by atoms with Gasteiger partial charge in [-0.2, -0.15) is 5.10 Å². The van der Waals surface area contributed by atoms with Gasteiger partial charge in [0.1, 0.15) is 11.4 Å². The molecule has 0 fully saturated rings. The van der Waals surface area contributed by atoms with E-state index in [0.717, 1.165) is 11.7 Å². The number of nitrogens with zero attached hydrogens (tertiary/aromatic N) is 5. The van der Waals surface area contributed by atoms with Crippen LogP contribution in [0.25, 0.3) is 22.3 Å². The summed E-state index contributed by atoms with van der Waals surface area (Å²) >= 11 is 0. The number of hydrogen-bond acceptors (Lipinski definition) is 5. The van der Waals surface area contributed by atoms with Gasteiger partial charge in [-0.3, -0.25) is 19.9 Å². The van der Waals surface area contributed by atoms with Crippen LogP contribution >= 0.6 is 0 Å². The van der Waals surface area contributed by atoms with E-state index in [0.29, 0.717) is 16.8 Å². The molecule has 1 N–H and O–H groups in total. The molecule has 3 aromatic rings. The molecule has 0 amide bonds. The van der Waals surface area contributed by atoms with Crippen molar-refractivity contribution in [3.05, 3.63) is 34.5 Å².